The molecular weight excluding hydrogens is 186 g/mol. The number of hydrogen-bond donors (Lipinski definition) is 0. The second kappa shape index (κ2) is 4.30. The number of rotatable bonds is 5. The smallest absolute Gasteiger partial charge is 0.210 e. The molecule has 0 saturated carbocycles. The molecular formula is C9H15NO4. The fourth-order valence-electron chi connectivity index (χ4n) is 1.81. The van der Waals surface area contributed by atoms with E-state index in [2.05, 4.69) is 0 Å². The van der Waals surface area contributed by atoms with Crippen LogP contribution in [-0.2, 0) is 9.59 Å². The van der Waals surface area contributed by atoms with Crippen LogP contribution in [0.2, 0.25) is 0 Å². The zero-order chi connectivity index (χ0) is 11.5. The van der Waals surface area contributed by atoms with Gasteiger partial charge in [0.2, 0.25) is 6.54 Å². The first-order valence-corrected chi connectivity index (χ1v) is 4.31. The molecule has 0 bridgehead atoms. The number of Topliss-reactive ketones (excluding diaryl/α,β-unsaturated/α-hetero) is 2. The van der Waals surface area contributed by atoms with Gasteiger partial charge in [-0.05, 0) is 13.8 Å². The molecule has 0 aromatic heterocycles. The van der Waals surface area contributed by atoms with Crippen molar-refractivity contribution in [2.24, 2.45) is 11.3 Å². The minimum absolute atomic E-state index is 0.315. The maximum absolute atomic E-state index is 11.2. The summed E-state index contributed by atoms with van der Waals surface area (Å²) in [7, 11) is 0. The minimum Gasteiger partial charge on any atom is -0.299 e. The summed E-state index contributed by atoms with van der Waals surface area (Å²) in [5.74, 6) is -1.51. The maximum Gasteiger partial charge on any atom is 0.210 e. The molecule has 0 atom stereocenters. The van der Waals surface area contributed by atoms with Crippen molar-refractivity contribution < 1.29 is 14.5 Å². The highest BCUT2D eigenvalue weighted by Crippen LogP contribution is 2.28. The van der Waals surface area contributed by atoms with Crippen molar-refractivity contribution in [1.29, 1.82) is 0 Å². The first-order valence-electron chi connectivity index (χ1n) is 4.31. The molecule has 0 aliphatic rings. The highest BCUT2D eigenvalue weighted by atomic mass is 16.6. The Kier molecular flexibility index (Phi) is 3.92. The molecule has 5 nitrogen and oxygen atoms in total. The summed E-state index contributed by atoms with van der Waals surface area (Å²) in [4.78, 5) is 32.2. The molecule has 0 amide bonds. The first-order chi connectivity index (χ1) is 6.18. The third-order valence-electron chi connectivity index (χ3n) is 2.13. The molecule has 0 aliphatic heterocycles. The lowest BCUT2D eigenvalue weighted by molar-refractivity contribution is -0.496. The average Bonchev–Trinajstić information content (AvgIpc) is 1.77. The monoisotopic (exact) mass is 201 g/mol. The van der Waals surface area contributed by atoms with Gasteiger partial charge in [0.15, 0.2) is 0 Å². The second-order valence-corrected chi connectivity index (χ2v) is 4.13. The highest BCUT2D eigenvalue weighted by Gasteiger charge is 2.40. The number of ketones is 2. The molecule has 0 aliphatic carbocycles. The normalized spacial score (nSPS) is 11.5. The topological polar surface area (TPSA) is 77.3 Å². The van der Waals surface area contributed by atoms with Gasteiger partial charge in [0, 0.05) is 10.3 Å². The summed E-state index contributed by atoms with van der Waals surface area (Å²) >= 11 is 0. The number of nitrogens with zero attached hydrogens (tertiary/aromatic N) is 1. The molecule has 0 N–H and O–H groups in total. The summed E-state index contributed by atoms with van der Waals surface area (Å²) in [5.41, 5.74) is -0.916. The van der Waals surface area contributed by atoms with Gasteiger partial charge in [0.25, 0.3) is 0 Å². The lowest BCUT2D eigenvalue weighted by Crippen LogP contribution is -2.39. The molecule has 0 aromatic carbocycles. The van der Waals surface area contributed by atoms with Gasteiger partial charge < -0.3 is 0 Å². The van der Waals surface area contributed by atoms with Crippen LogP contribution in [-0.4, -0.2) is 23.0 Å². The van der Waals surface area contributed by atoms with Gasteiger partial charge in [0.05, 0.1) is 5.92 Å². The van der Waals surface area contributed by atoms with Crippen molar-refractivity contribution in [3.05, 3.63) is 10.1 Å². The Morgan fingerprint density at radius 3 is 1.86 bits per heavy atom. The van der Waals surface area contributed by atoms with Crippen molar-refractivity contribution in [2.75, 3.05) is 6.54 Å². The van der Waals surface area contributed by atoms with E-state index in [0.717, 1.165) is 0 Å². The highest BCUT2D eigenvalue weighted by molar-refractivity contribution is 6.01. The van der Waals surface area contributed by atoms with E-state index in [-0.39, 0.29) is 18.1 Å². The number of carbonyl (C=O) groups is 2. The fraction of sp³-hybridized carbons (Fsp3) is 0.778. The summed E-state index contributed by atoms with van der Waals surface area (Å²) in [5, 5.41) is 10.3. The van der Waals surface area contributed by atoms with Crippen LogP contribution in [0.25, 0.3) is 0 Å². The molecule has 0 aromatic rings. The molecule has 14 heavy (non-hydrogen) atoms. The summed E-state index contributed by atoms with van der Waals surface area (Å²) in [6, 6.07) is 0. The Labute approximate surface area is 82.6 Å². The van der Waals surface area contributed by atoms with Crippen LogP contribution < -0.4 is 0 Å². The molecule has 0 unspecified atom stereocenters. The van der Waals surface area contributed by atoms with Crippen LogP contribution in [0.4, 0.5) is 0 Å². The average molecular weight is 201 g/mol. The van der Waals surface area contributed by atoms with E-state index in [1.165, 1.54) is 13.8 Å². The Morgan fingerprint density at radius 1 is 1.29 bits per heavy atom. The van der Waals surface area contributed by atoms with Gasteiger partial charge in [-0.15, -0.1) is 0 Å². The quantitative estimate of drug-likeness (QED) is 0.379. The molecule has 0 radical (unpaired) electrons. The van der Waals surface area contributed by atoms with E-state index >= 15 is 0 Å². The SMILES string of the molecule is CC(=O)C(C(C)=O)C(C)(C)C[N+](=O)[O-]. The predicted octanol–water partition coefficient (Wildman–Crippen LogP) is 1.08. The third kappa shape index (κ3) is 3.24. The van der Waals surface area contributed by atoms with Crippen LogP contribution in [0.5, 0.6) is 0 Å². The largest absolute Gasteiger partial charge is 0.299 e. The van der Waals surface area contributed by atoms with Crippen molar-refractivity contribution in [3.8, 4) is 0 Å². The summed E-state index contributed by atoms with van der Waals surface area (Å²) in [6.45, 7) is 5.31. The molecule has 0 rings (SSSR count). The van der Waals surface area contributed by atoms with Crippen LogP contribution in [0.3, 0.4) is 0 Å². The summed E-state index contributed by atoms with van der Waals surface area (Å²) < 4.78 is 0. The van der Waals surface area contributed by atoms with Gasteiger partial charge in [-0.3, -0.25) is 19.7 Å². The Morgan fingerprint density at radius 2 is 1.64 bits per heavy atom. The fourth-order valence-corrected chi connectivity index (χ4v) is 1.81. The molecule has 0 saturated heterocycles. The van der Waals surface area contributed by atoms with Crippen molar-refractivity contribution in [1.82, 2.24) is 0 Å². The van der Waals surface area contributed by atoms with E-state index in [0.29, 0.717) is 0 Å². The van der Waals surface area contributed by atoms with Crippen molar-refractivity contribution >= 4 is 11.6 Å². The lowest BCUT2D eigenvalue weighted by Gasteiger charge is -2.26. The van der Waals surface area contributed by atoms with Gasteiger partial charge in [0.1, 0.15) is 11.6 Å². The zero-order valence-electron chi connectivity index (χ0n) is 8.86. The number of nitro groups is 1. The maximum atomic E-state index is 11.2. The summed E-state index contributed by atoms with van der Waals surface area (Å²) in [6.07, 6.45) is 0. The van der Waals surface area contributed by atoms with E-state index < -0.39 is 16.3 Å². The zero-order valence-corrected chi connectivity index (χ0v) is 8.86. The number of hydrogen-bond acceptors (Lipinski definition) is 4. The Balaban J connectivity index is 4.89. The Bertz CT molecular complexity index is 256. The number of carbonyl (C=O) groups excluding carboxylic acids is 2. The first kappa shape index (κ1) is 12.7. The molecule has 0 fully saturated rings. The van der Waals surface area contributed by atoms with Crippen LogP contribution >= 0.6 is 0 Å². The van der Waals surface area contributed by atoms with Crippen molar-refractivity contribution in [2.45, 2.75) is 27.7 Å². The van der Waals surface area contributed by atoms with Gasteiger partial charge in [-0.1, -0.05) is 13.8 Å². The van der Waals surface area contributed by atoms with Gasteiger partial charge in [-0.25, -0.2) is 0 Å². The second-order valence-electron chi connectivity index (χ2n) is 4.13. The van der Waals surface area contributed by atoms with E-state index in [4.69, 9.17) is 0 Å². The predicted molar refractivity (Wildman–Crippen MR) is 50.5 cm³/mol. The van der Waals surface area contributed by atoms with E-state index in [9.17, 15) is 19.7 Å². The molecule has 5 heteroatoms. The third-order valence-corrected chi connectivity index (χ3v) is 2.13. The lowest BCUT2D eigenvalue weighted by atomic mass is 9.74. The van der Waals surface area contributed by atoms with Crippen molar-refractivity contribution in [3.63, 3.8) is 0 Å². The minimum atomic E-state index is -0.916. The standard InChI is InChI=1S/C9H15NO4/c1-6(11)8(7(2)12)9(3,4)5-10(13)14/h8H,5H2,1-4H3. The molecule has 0 heterocycles. The van der Waals surface area contributed by atoms with Crippen LogP contribution in [0, 0.1) is 21.4 Å². The van der Waals surface area contributed by atoms with Gasteiger partial charge >= 0.3 is 0 Å². The Hall–Kier alpha value is -1.26. The molecule has 80 valence electrons. The molecule has 0 spiro atoms. The van der Waals surface area contributed by atoms with Crippen LogP contribution in [0.15, 0.2) is 0 Å². The van der Waals surface area contributed by atoms with Gasteiger partial charge in [-0.2, -0.15) is 0 Å². The van der Waals surface area contributed by atoms with Crippen LogP contribution in [0.1, 0.15) is 27.7 Å². The van der Waals surface area contributed by atoms with E-state index in [1.54, 1.807) is 13.8 Å². The van der Waals surface area contributed by atoms with E-state index in [1.807, 2.05) is 0 Å².